The zero-order valence-electron chi connectivity index (χ0n) is 11.6. The molecule has 0 aliphatic rings. The summed E-state index contributed by atoms with van der Waals surface area (Å²) in [7, 11) is 0. The van der Waals surface area contributed by atoms with E-state index in [0.29, 0.717) is 11.3 Å². The van der Waals surface area contributed by atoms with E-state index in [0.717, 1.165) is 8.95 Å². The summed E-state index contributed by atoms with van der Waals surface area (Å²) in [6.45, 7) is 0.283. The molecule has 2 N–H and O–H groups in total. The lowest BCUT2D eigenvalue weighted by molar-refractivity contribution is -0.116. The number of hydrogen-bond donors (Lipinski definition) is 2. The summed E-state index contributed by atoms with van der Waals surface area (Å²) in [4.78, 5) is 23.7. The fourth-order valence-corrected chi connectivity index (χ4v) is 2.42. The van der Waals surface area contributed by atoms with Crippen molar-refractivity contribution in [1.82, 2.24) is 5.32 Å². The molecule has 4 nitrogen and oxygen atoms in total. The monoisotopic (exact) mass is 424 g/mol. The van der Waals surface area contributed by atoms with Crippen LogP contribution in [0.3, 0.4) is 0 Å². The molecule has 0 heterocycles. The number of hydrogen-bond acceptors (Lipinski definition) is 2. The first-order chi connectivity index (χ1) is 10.6. The Balaban J connectivity index is 1.78. The SMILES string of the molecule is O=C(CCNC(=O)c1ccc(Br)cc1)Nc1ccccc1Br. The standard InChI is InChI=1S/C16H14Br2N2O2/c17-12-7-5-11(6-8-12)16(22)19-10-9-15(21)20-14-4-2-1-3-13(14)18/h1-8H,9-10H2,(H,19,22)(H,20,21). The Labute approximate surface area is 145 Å². The fraction of sp³-hybridized carbons (Fsp3) is 0.125. The molecule has 0 aliphatic carbocycles. The van der Waals surface area contributed by atoms with Gasteiger partial charge in [-0.25, -0.2) is 0 Å². The summed E-state index contributed by atoms with van der Waals surface area (Å²) in [6, 6.07) is 14.4. The van der Waals surface area contributed by atoms with Crippen LogP contribution in [0.2, 0.25) is 0 Å². The van der Waals surface area contributed by atoms with Crippen molar-refractivity contribution in [1.29, 1.82) is 0 Å². The van der Waals surface area contributed by atoms with Gasteiger partial charge in [-0.2, -0.15) is 0 Å². The summed E-state index contributed by atoms with van der Waals surface area (Å²) in [5.74, 6) is -0.343. The molecule has 2 aromatic rings. The molecular weight excluding hydrogens is 412 g/mol. The van der Waals surface area contributed by atoms with Gasteiger partial charge in [0.25, 0.3) is 5.91 Å². The van der Waals surface area contributed by atoms with Crippen molar-refractivity contribution >= 4 is 49.4 Å². The number of amides is 2. The van der Waals surface area contributed by atoms with Gasteiger partial charge in [-0.3, -0.25) is 9.59 Å². The van der Waals surface area contributed by atoms with E-state index >= 15 is 0 Å². The van der Waals surface area contributed by atoms with E-state index in [-0.39, 0.29) is 24.8 Å². The van der Waals surface area contributed by atoms with Crippen molar-refractivity contribution in [3.8, 4) is 0 Å². The van der Waals surface area contributed by atoms with Gasteiger partial charge in [0.05, 0.1) is 5.69 Å². The van der Waals surface area contributed by atoms with Gasteiger partial charge in [0, 0.05) is 27.5 Å². The summed E-state index contributed by atoms with van der Waals surface area (Å²) in [5, 5.41) is 5.51. The number of anilines is 1. The molecule has 0 saturated carbocycles. The zero-order chi connectivity index (χ0) is 15.9. The predicted molar refractivity (Wildman–Crippen MR) is 93.9 cm³/mol. The average molecular weight is 426 g/mol. The Morgan fingerprint density at radius 1 is 0.955 bits per heavy atom. The number of rotatable bonds is 5. The van der Waals surface area contributed by atoms with E-state index in [1.165, 1.54) is 0 Å². The molecule has 2 rings (SSSR count). The van der Waals surface area contributed by atoms with Gasteiger partial charge >= 0.3 is 0 Å². The number of carbonyl (C=O) groups excluding carboxylic acids is 2. The number of nitrogens with one attached hydrogen (secondary N) is 2. The van der Waals surface area contributed by atoms with E-state index in [9.17, 15) is 9.59 Å². The van der Waals surface area contributed by atoms with Gasteiger partial charge in [-0.1, -0.05) is 28.1 Å². The van der Waals surface area contributed by atoms with Crippen molar-refractivity contribution in [2.24, 2.45) is 0 Å². The lowest BCUT2D eigenvalue weighted by Gasteiger charge is -2.08. The number of halogens is 2. The van der Waals surface area contributed by atoms with Gasteiger partial charge in [0.2, 0.25) is 5.91 Å². The largest absolute Gasteiger partial charge is 0.352 e. The van der Waals surface area contributed by atoms with Crippen molar-refractivity contribution < 1.29 is 9.59 Å². The normalized spacial score (nSPS) is 10.1. The van der Waals surface area contributed by atoms with Crippen LogP contribution in [-0.4, -0.2) is 18.4 Å². The smallest absolute Gasteiger partial charge is 0.251 e. The van der Waals surface area contributed by atoms with E-state index in [2.05, 4.69) is 42.5 Å². The molecule has 0 aromatic heterocycles. The zero-order valence-corrected chi connectivity index (χ0v) is 14.8. The second kappa shape index (κ2) is 8.10. The van der Waals surface area contributed by atoms with Crippen molar-refractivity contribution in [2.75, 3.05) is 11.9 Å². The third-order valence-corrected chi connectivity index (χ3v) is 4.11. The summed E-state index contributed by atoms with van der Waals surface area (Å²) in [5.41, 5.74) is 1.28. The summed E-state index contributed by atoms with van der Waals surface area (Å²) >= 11 is 6.68. The molecule has 0 bridgehead atoms. The van der Waals surface area contributed by atoms with Gasteiger partial charge in [0.15, 0.2) is 0 Å². The minimum Gasteiger partial charge on any atom is -0.352 e. The quantitative estimate of drug-likeness (QED) is 0.761. The second-order valence-corrected chi connectivity index (χ2v) is 6.31. The molecule has 0 radical (unpaired) electrons. The van der Waals surface area contributed by atoms with Crippen LogP contribution < -0.4 is 10.6 Å². The lowest BCUT2D eigenvalue weighted by atomic mass is 10.2. The molecule has 2 aromatic carbocycles. The maximum atomic E-state index is 11.9. The molecule has 0 aliphatic heterocycles. The van der Waals surface area contributed by atoms with Gasteiger partial charge in [-0.15, -0.1) is 0 Å². The van der Waals surface area contributed by atoms with Crippen molar-refractivity contribution in [3.05, 3.63) is 63.0 Å². The summed E-state index contributed by atoms with van der Waals surface area (Å²) < 4.78 is 1.74. The van der Waals surface area contributed by atoms with Crippen LogP contribution in [0.15, 0.2) is 57.5 Å². The molecule has 0 saturated heterocycles. The van der Waals surface area contributed by atoms with Crippen LogP contribution >= 0.6 is 31.9 Å². The second-order valence-electron chi connectivity index (χ2n) is 4.54. The topological polar surface area (TPSA) is 58.2 Å². The first-order valence-corrected chi connectivity index (χ1v) is 8.23. The van der Waals surface area contributed by atoms with Gasteiger partial charge < -0.3 is 10.6 Å². The highest BCUT2D eigenvalue weighted by atomic mass is 79.9. The van der Waals surface area contributed by atoms with E-state index in [1.807, 2.05) is 24.3 Å². The number of para-hydroxylation sites is 1. The molecule has 0 fully saturated rings. The van der Waals surface area contributed by atoms with Gasteiger partial charge in [-0.05, 0) is 52.3 Å². The first-order valence-electron chi connectivity index (χ1n) is 6.64. The summed E-state index contributed by atoms with van der Waals surface area (Å²) in [6.07, 6.45) is 0.212. The highest BCUT2D eigenvalue weighted by molar-refractivity contribution is 9.10. The molecule has 6 heteroatoms. The third-order valence-electron chi connectivity index (χ3n) is 2.89. The average Bonchev–Trinajstić information content (AvgIpc) is 2.50. The van der Waals surface area contributed by atoms with Crippen LogP contribution in [0.1, 0.15) is 16.8 Å². The number of benzene rings is 2. The highest BCUT2D eigenvalue weighted by Crippen LogP contribution is 2.21. The van der Waals surface area contributed by atoms with Crippen LogP contribution in [0.4, 0.5) is 5.69 Å². The first kappa shape index (κ1) is 16.7. The Kier molecular flexibility index (Phi) is 6.15. The van der Waals surface area contributed by atoms with Crippen molar-refractivity contribution in [3.63, 3.8) is 0 Å². The maximum absolute atomic E-state index is 11.9. The Morgan fingerprint density at radius 3 is 2.32 bits per heavy atom. The van der Waals surface area contributed by atoms with Crippen molar-refractivity contribution in [2.45, 2.75) is 6.42 Å². The lowest BCUT2D eigenvalue weighted by Crippen LogP contribution is -2.27. The Morgan fingerprint density at radius 2 is 1.64 bits per heavy atom. The predicted octanol–water partition coefficient (Wildman–Crippen LogP) is 3.97. The third kappa shape index (κ3) is 4.96. The van der Waals surface area contributed by atoms with Crippen LogP contribution in [0, 0.1) is 0 Å². The highest BCUT2D eigenvalue weighted by Gasteiger charge is 2.08. The Hall–Kier alpha value is -1.66. The van der Waals surface area contributed by atoms with Crippen LogP contribution in [0.5, 0.6) is 0 Å². The minimum absolute atomic E-state index is 0.150. The molecular formula is C16H14Br2N2O2. The van der Waals surface area contributed by atoms with E-state index in [4.69, 9.17) is 0 Å². The molecule has 0 spiro atoms. The van der Waals surface area contributed by atoms with Crippen LogP contribution in [-0.2, 0) is 4.79 Å². The number of carbonyl (C=O) groups is 2. The molecule has 22 heavy (non-hydrogen) atoms. The minimum atomic E-state index is -0.193. The molecule has 2 amide bonds. The Bertz CT molecular complexity index is 672. The van der Waals surface area contributed by atoms with Crippen LogP contribution in [0.25, 0.3) is 0 Å². The van der Waals surface area contributed by atoms with Gasteiger partial charge in [0.1, 0.15) is 0 Å². The maximum Gasteiger partial charge on any atom is 0.251 e. The molecule has 114 valence electrons. The molecule has 0 atom stereocenters. The van der Waals surface area contributed by atoms with E-state index in [1.54, 1.807) is 24.3 Å². The molecule has 0 unspecified atom stereocenters. The van der Waals surface area contributed by atoms with E-state index < -0.39 is 0 Å². The fourth-order valence-electron chi connectivity index (χ4n) is 1.77.